The summed E-state index contributed by atoms with van der Waals surface area (Å²) in [6.07, 6.45) is 0. The van der Waals surface area contributed by atoms with E-state index in [9.17, 15) is 0 Å². The molecule has 5 aromatic carbocycles. The van der Waals surface area contributed by atoms with E-state index in [1.54, 1.807) is 0 Å². The molecule has 2 heteroatoms. The zero-order valence-electron chi connectivity index (χ0n) is 19.8. The molecule has 168 valence electrons. The fourth-order valence-corrected chi connectivity index (χ4v) is 5.63. The molecule has 2 nitrogen and oxygen atoms in total. The van der Waals surface area contributed by atoms with Crippen molar-refractivity contribution in [1.82, 2.24) is 4.57 Å². The highest BCUT2D eigenvalue weighted by atomic mass is 16.5. The first-order valence-corrected chi connectivity index (χ1v) is 12.1. The van der Waals surface area contributed by atoms with E-state index < -0.39 is 0 Å². The second kappa shape index (κ2) is 7.35. The molecule has 0 bridgehead atoms. The minimum absolute atomic E-state index is 0.131. The monoisotopic (exact) mass is 451 g/mol. The van der Waals surface area contributed by atoms with E-state index in [0.29, 0.717) is 0 Å². The summed E-state index contributed by atoms with van der Waals surface area (Å²) in [7, 11) is 0. The van der Waals surface area contributed by atoms with Crippen LogP contribution in [-0.2, 0) is 5.41 Å². The zero-order valence-corrected chi connectivity index (χ0v) is 19.8. The summed E-state index contributed by atoms with van der Waals surface area (Å²) in [5, 5.41) is 2.53. The van der Waals surface area contributed by atoms with Gasteiger partial charge in [-0.2, -0.15) is 0 Å². The first kappa shape index (κ1) is 20.1. The van der Waals surface area contributed by atoms with E-state index in [-0.39, 0.29) is 5.41 Å². The molecular weight excluding hydrogens is 426 g/mol. The Balaban J connectivity index is 1.41. The van der Waals surface area contributed by atoms with Gasteiger partial charge in [-0.15, -0.1) is 0 Å². The van der Waals surface area contributed by atoms with Crippen LogP contribution in [0.15, 0.2) is 115 Å². The number of benzene rings is 5. The minimum atomic E-state index is -0.131. The normalized spacial score (nSPS) is 13.9. The molecule has 2 heterocycles. The molecule has 0 radical (unpaired) electrons. The Labute approximate surface area is 205 Å². The molecule has 1 aromatic heterocycles. The highest BCUT2D eigenvalue weighted by Crippen LogP contribution is 2.48. The fraction of sp³-hybridized carbons (Fsp3) is 0.0909. The van der Waals surface area contributed by atoms with Gasteiger partial charge >= 0.3 is 0 Å². The number of para-hydroxylation sites is 3. The Morgan fingerprint density at radius 1 is 0.543 bits per heavy atom. The van der Waals surface area contributed by atoms with Crippen LogP contribution in [0.4, 0.5) is 0 Å². The summed E-state index contributed by atoms with van der Waals surface area (Å²) in [5.41, 5.74) is 8.36. The molecule has 0 unspecified atom stereocenters. The van der Waals surface area contributed by atoms with E-state index in [4.69, 9.17) is 4.74 Å². The molecule has 7 rings (SSSR count). The molecule has 0 fully saturated rings. The van der Waals surface area contributed by atoms with Gasteiger partial charge in [0.05, 0.1) is 11.0 Å². The van der Waals surface area contributed by atoms with E-state index in [1.807, 2.05) is 6.07 Å². The molecule has 0 atom stereocenters. The smallest absolute Gasteiger partial charge is 0.131 e. The van der Waals surface area contributed by atoms with Gasteiger partial charge in [-0.05, 0) is 59.7 Å². The predicted octanol–water partition coefficient (Wildman–Crippen LogP) is 8.88. The van der Waals surface area contributed by atoms with Gasteiger partial charge in [-0.1, -0.05) is 80.6 Å². The van der Waals surface area contributed by atoms with Crippen LogP contribution in [0, 0.1) is 0 Å². The van der Waals surface area contributed by atoms with Gasteiger partial charge in [0.1, 0.15) is 11.5 Å². The van der Waals surface area contributed by atoms with Crippen molar-refractivity contribution in [3.8, 4) is 28.3 Å². The van der Waals surface area contributed by atoms with Gasteiger partial charge in [0.15, 0.2) is 0 Å². The van der Waals surface area contributed by atoms with Crippen LogP contribution in [-0.4, -0.2) is 4.57 Å². The summed E-state index contributed by atoms with van der Waals surface area (Å²) < 4.78 is 8.64. The van der Waals surface area contributed by atoms with Crippen molar-refractivity contribution >= 4 is 21.8 Å². The Morgan fingerprint density at radius 3 is 2.09 bits per heavy atom. The number of hydrogen-bond acceptors (Lipinski definition) is 1. The molecule has 0 amide bonds. The van der Waals surface area contributed by atoms with Crippen LogP contribution < -0.4 is 4.74 Å². The van der Waals surface area contributed by atoms with Crippen molar-refractivity contribution in [3.05, 3.63) is 126 Å². The summed E-state index contributed by atoms with van der Waals surface area (Å²) in [6.45, 7) is 4.57. The summed E-state index contributed by atoms with van der Waals surface area (Å²) >= 11 is 0. The van der Waals surface area contributed by atoms with Crippen LogP contribution in [0.2, 0.25) is 0 Å². The van der Waals surface area contributed by atoms with Gasteiger partial charge in [0.25, 0.3) is 0 Å². The minimum Gasteiger partial charge on any atom is -0.457 e. The molecule has 0 spiro atoms. The van der Waals surface area contributed by atoms with Crippen molar-refractivity contribution in [2.24, 2.45) is 0 Å². The average Bonchev–Trinajstić information content (AvgIpc) is 3.23. The number of fused-ring (bicyclic) bond motifs is 5. The van der Waals surface area contributed by atoms with Crippen molar-refractivity contribution in [3.63, 3.8) is 0 Å². The lowest BCUT2D eigenvalue weighted by Gasteiger charge is -2.34. The second-order valence-electron chi connectivity index (χ2n) is 9.85. The zero-order chi connectivity index (χ0) is 23.6. The summed E-state index contributed by atoms with van der Waals surface area (Å²) in [4.78, 5) is 0. The van der Waals surface area contributed by atoms with E-state index in [0.717, 1.165) is 11.5 Å². The third-order valence-electron chi connectivity index (χ3n) is 7.45. The number of hydrogen-bond donors (Lipinski definition) is 0. The average molecular weight is 452 g/mol. The fourth-order valence-electron chi connectivity index (χ4n) is 5.63. The Kier molecular flexibility index (Phi) is 4.22. The topological polar surface area (TPSA) is 14.2 Å². The third kappa shape index (κ3) is 2.96. The quantitative estimate of drug-likeness (QED) is 0.256. The maximum Gasteiger partial charge on any atom is 0.131 e. The molecule has 1 aliphatic heterocycles. The van der Waals surface area contributed by atoms with Crippen molar-refractivity contribution in [2.45, 2.75) is 19.3 Å². The number of ether oxygens (including phenoxy) is 1. The molecule has 0 saturated carbocycles. The largest absolute Gasteiger partial charge is 0.457 e. The highest BCUT2D eigenvalue weighted by Gasteiger charge is 2.34. The molecule has 0 saturated heterocycles. The van der Waals surface area contributed by atoms with Crippen LogP contribution in [0.3, 0.4) is 0 Å². The van der Waals surface area contributed by atoms with Gasteiger partial charge < -0.3 is 9.30 Å². The Hall–Kier alpha value is -4.30. The molecule has 6 aromatic rings. The lowest BCUT2D eigenvalue weighted by Crippen LogP contribution is -2.24. The van der Waals surface area contributed by atoms with E-state index in [1.165, 1.54) is 49.7 Å². The molecular formula is C33H25NO. The van der Waals surface area contributed by atoms with Crippen molar-refractivity contribution in [1.29, 1.82) is 0 Å². The standard InChI is InChI=1S/C33H25NO/c1-33(2)27-13-7-9-15-31(27)35-32-19-17-23(21-28(32)33)22-16-18-30-26(20-22)25-12-6-8-14-29(25)34(30)24-10-4-3-5-11-24/h3-21H,1-2H3. The third-order valence-corrected chi connectivity index (χ3v) is 7.45. The lowest BCUT2D eigenvalue weighted by atomic mass is 9.75. The highest BCUT2D eigenvalue weighted by molar-refractivity contribution is 6.10. The van der Waals surface area contributed by atoms with Crippen molar-refractivity contribution < 1.29 is 4.74 Å². The Morgan fingerprint density at radius 2 is 1.20 bits per heavy atom. The molecule has 35 heavy (non-hydrogen) atoms. The maximum absolute atomic E-state index is 6.28. The second-order valence-corrected chi connectivity index (χ2v) is 9.85. The summed E-state index contributed by atoms with van der Waals surface area (Å²) in [5.74, 6) is 1.90. The SMILES string of the molecule is CC1(C)c2ccccc2Oc2ccc(-c3ccc4c(c3)c3ccccc3n4-c3ccccc3)cc21. The molecule has 0 aliphatic carbocycles. The van der Waals surface area contributed by atoms with Gasteiger partial charge in [0, 0.05) is 33.0 Å². The van der Waals surface area contributed by atoms with Gasteiger partial charge in [-0.3, -0.25) is 0 Å². The molecule has 0 N–H and O–H groups in total. The maximum atomic E-state index is 6.28. The van der Waals surface area contributed by atoms with Gasteiger partial charge in [0.2, 0.25) is 0 Å². The predicted molar refractivity (Wildman–Crippen MR) is 145 cm³/mol. The first-order chi connectivity index (χ1) is 17.1. The van der Waals surface area contributed by atoms with E-state index in [2.05, 4.69) is 128 Å². The number of nitrogens with zero attached hydrogens (tertiary/aromatic N) is 1. The van der Waals surface area contributed by atoms with Crippen molar-refractivity contribution in [2.75, 3.05) is 0 Å². The van der Waals surface area contributed by atoms with E-state index >= 15 is 0 Å². The van der Waals surface area contributed by atoms with Crippen LogP contribution >= 0.6 is 0 Å². The van der Waals surface area contributed by atoms with Crippen LogP contribution in [0.25, 0.3) is 38.6 Å². The van der Waals surface area contributed by atoms with Crippen LogP contribution in [0.5, 0.6) is 11.5 Å². The lowest BCUT2D eigenvalue weighted by molar-refractivity contribution is 0.418. The summed E-state index contributed by atoms with van der Waals surface area (Å²) in [6, 6.07) is 41.1. The number of aromatic nitrogens is 1. The Bertz CT molecular complexity index is 1740. The van der Waals surface area contributed by atoms with Crippen LogP contribution in [0.1, 0.15) is 25.0 Å². The molecule has 1 aliphatic rings. The first-order valence-electron chi connectivity index (χ1n) is 12.1. The number of rotatable bonds is 2. The van der Waals surface area contributed by atoms with Gasteiger partial charge in [-0.25, -0.2) is 0 Å².